The number of amides is 1. The topological polar surface area (TPSA) is 81.2 Å². The number of anilines is 1. The van der Waals surface area contributed by atoms with Gasteiger partial charge in [-0.3, -0.25) is 10.1 Å². The van der Waals surface area contributed by atoms with Crippen LogP contribution in [0.1, 0.15) is 41.1 Å². The number of furan rings is 1. The van der Waals surface area contributed by atoms with E-state index in [1.54, 1.807) is 0 Å². The second kappa shape index (κ2) is 7.83. The highest BCUT2D eigenvalue weighted by molar-refractivity contribution is 9.10. The van der Waals surface area contributed by atoms with Crippen molar-refractivity contribution in [2.24, 2.45) is 0 Å². The van der Waals surface area contributed by atoms with Gasteiger partial charge in [0.15, 0.2) is 11.5 Å². The van der Waals surface area contributed by atoms with Crippen LogP contribution in [0, 0.1) is 6.92 Å². The highest BCUT2D eigenvalue weighted by Gasteiger charge is 2.22. The highest BCUT2D eigenvalue weighted by Crippen LogP contribution is 2.31. The molecule has 4 aromatic rings. The number of aromatic nitrogens is 2. The fraction of sp³-hybridized carbons (Fsp3) is 0.227. The van der Waals surface area contributed by atoms with E-state index in [0.29, 0.717) is 11.3 Å². The summed E-state index contributed by atoms with van der Waals surface area (Å²) < 4.78 is 11.6. The molecule has 0 saturated heterocycles. The summed E-state index contributed by atoms with van der Waals surface area (Å²) in [7, 11) is 0. The number of rotatable bonds is 5. The molecule has 0 aliphatic carbocycles. The molecule has 7 heteroatoms. The van der Waals surface area contributed by atoms with Crippen LogP contribution in [0.2, 0.25) is 0 Å². The summed E-state index contributed by atoms with van der Waals surface area (Å²) in [5.41, 5.74) is 5.12. The van der Waals surface area contributed by atoms with Crippen LogP contribution < -0.4 is 5.32 Å². The molecule has 0 saturated carbocycles. The van der Waals surface area contributed by atoms with Gasteiger partial charge in [-0.25, -0.2) is 4.63 Å². The molecule has 0 aliphatic rings. The van der Waals surface area contributed by atoms with Crippen LogP contribution in [0.15, 0.2) is 49.9 Å². The maximum Gasteiger partial charge on any atom is 0.292 e. The van der Waals surface area contributed by atoms with Crippen LogP contribution in [-0.4, -0.2) is 16.2 Å². The zero-order chi connectivity index (χ0) is 20.5. The first kappa shape index (κ1) is 19.4. The summed E-state index contributed by atoms with van der Waals surface area (Å²) in [6.45, 7) is 6.03. The van der Waals surface area contributed by atoms with Crippen molar-refractivity contribution in [1.29, 1.82) is 0 Å². The monoisotopic (exact) mass is 453 g/mol. The van der Waals surface area contributed by atoms with Crippen molar-refractivity contribution in [3.05, 3.63) is 63.3 Å². The third kappa shape index (κ3) is 3.58. The van der Waals surface area contributed by atoms with Crippen LogP contribution in [0.25, 0.3) is 22.2 Å². The van der Waals surface area contributed by atoms with Gasteiger partial charge in [0.05, 0.1) is 0 Å². The van der Waals surface area contributed by atoms with Gasteiger partial charge in [0, 0.05) is 21.0 Å². The fourth-order valence-electron chi connectivity index (χ4n) is 3.40. The molecule has 0 fully saturated rings. The minimum atomic E-state index is -0.392. The molecule has 0 radical (unpaired) electrons. The Bertz CT molecular complexity index is 1210. The summed E-state index contributed by atoms with van der Waals surface area (Å²) in [4.78, 5) is 12.9. The molecule has 0 unspecified atom stereocenters. The quantitative estimate of drug-likeness (QED) is 0.404. The Morgan fingerprint density at radius 1 is 1.10 bits per heavy atom. The van der Waals surface area contributed by atoms with Gasteiger partial charge in [-0.15, -0.1) is 0 Å². The Balaban J connectivity index is 1.70. The SMILES string of the molecule is CCc1ccc(CC)c(-c2nonc2NC(=O)c2oc3cc(Br)ccc3c2C)c1. The molecule has 0 bridgehead atoms. The Morgan fingerprint density at radius 2 is 1.93 bits per heavy atom. The molecular weight excluding hydrogens is 434 g/mol. The van der Waals surface area contributed by atoms with E-state index in [-0.39, 0.29) is 11.6 Å². The summed E-state index contributed by atoms with van der Waals surface area (Å²) in [6.07, 6.45) is 1.73. The molecule has 4 rings (SSSR count). The van der Waals surface area contributed by atoms with Gasteiger partial charge in [0.25, 0.3) is 5.91 Å². The molecule has 148 valence electrons. The fourth-order valence-corrected chi connectivity index (χ4v) is 3.74. The Morgan fingerprint density at radius 3 is 2.69 bits per heavy atom. The molecule has 2 aromatic heterocycles. The maximum atomic E-state index is 12.9. The number of nitrogens with zero attached hydrogens (tertiary/aromatic N) is 2. The molecule has 0 atom stereocenters. The van der Waals surface area contributed by atoms with E-state index in [4.69, 9.17) is 9.05 Å². The third-order valence-corrected chi connectivity index (χ3v) is 5.54. The molecule has 0 spiro atoms. The van der Waals surface area contributed by atoms with Gasteiger partial charge < -0.3 is 4.42 Å². The number of fused-ring (bicyclic) bond motifs is 1. The number of carbonyl (C=O) groups is 1. The number of hydrogen-bond acceptors (Lipinski definition) is 5. The van der Waals surface area contributed by atoms with Crippen LogP contribution in [0.5, 0.6) is 0 Å². The molecule has 2 heterocycles. The minimum Gasteiger partial charge on any atom is -0.451 e. The first-order valence-electron chi connectivity index (χ1n) is 9.46. The number of aryl methyl sites for hydroxylation is 3. The van der Waals surface area contributed by atoms with Crippen LogP contribution in [-0.2, 0) is 12.8 Å². The zero-order valence-corrected chi connectivity index (χ0v) is 18.0. The van der Waals surface area contributed by atoms with Crippen molar-refractivity contribution < 1.29 is 13.8 Å². The lowest BCUT2D eigenvalue weighted by Crippen LogP contribution is -2.13. The molecule has 0 aliphatic heterocycles. The lowest BCUT2D eigenvalue weighted by molar-refractivity contribution is 0.0997. The summed E-state index contributed by atoms with van der Waals surface area (Å²) in [5, 5.41) is 11.7. The van der Waals surface area contributed by atoms with Gasteiger partial charge in [-0.05, 0) is 65.5 Å². The van der Waals surface area contributed by atoms with Crippen molar-refractivity contribution in [1.82, 2.24) is 10.3 Å². The number of hydrogen-bond donors (Lipinski definition) is 1. The number of carbonyl (C=O) groups excluding carboxylic acids is 1. The van der Waals surface area contributed by atoms with Gasteiger partial charge in [0.1, 0.15) is 5.58 Å². The third-order valence-electron chi connectivity index (χ3n) is 5.05. The molecule has 29 heavy (non-hydrogen) atoms. The minimum absolute atomic E-state index is 0.241. The van der Waals surface area contributed by atoms with Crippen molar-refractivity contribution >= 4 is 38.6 Å². The average molecular weight is 454 g/mol. The van der Waals surface area contributed by atoms with E-state index in [9.17, 15) is 4.79 Å². The molecule has 1 N–H and O–H groups in total. The van der Waals surface area contributed by atoms with E-state index in [1.165, 1.54) is 5.56 Å². The average Bonchev–Trinajstić information content (AvgIpc) is 3.31. The van der Waals surface area contributed by atoms with E-state index >= 15 is 0 Å². The first-order chi connectivity index (χ1) is 14.0. The van der Waals surface area contributed by atoms with Crippen LogP contribution in [0.4, 0.5) is 5.82 Å². The molecular formula is C22H20BrN3O3. The lowest BCUT2D eigenvalue weighted by Gasteiger charge is -2.09. The summed E-state index contributed by atoms with van der Waals surface area (Å²) in [6, 6.07) is 11.9. The number of halogens is 1. The molecule has 2 aromatic carbocycles. The second-order valence-corrected chi connectivity index (χ2v) is 7.73. The smallest absolute Gasteiger partial charge is 0.292 e. The lowest BCUT2D eigenvalue weighted by atomic mass is 9.98. The first-order valence-corrected chi connectivity index (χ1v) is 10.3. The highest BCUT2D eigenvalue weighted by atomic mass is 79.9. The van der Waals surface area contributed by atoms with Gasteiger partial charge in [0.2, 0.25) is 5.82 Å². The Kier molecular flexibility index (Phi) is 5.24. The predicted octanol–water partition coefficient (Wildman–Crippen LogP) is 5.93. The molecule has 6 nitrogen and oxygen atoms in total. The van der Waals surface area contributed by atoms with Gasteiger partial charge in [-0.1, -0.05) is 41.9 Å². The normalized spacial score (nSPS) is 11.2. The van der Waals surface area contributed by atoms with E-state index < -0.39 is 5.91 Å². The van der Waals surface area contributed by atoms with E-state index in [2.05, 4.69) is 63.6 Å². The van der Waals surface area contributed by atoms with Crippen molar-refractivity contribution in [2.45, 2.75) is 33.6 Å². The number of benzene rings is 2. The van der Waals surface area contributed by atoms with Crippen LogP contribution >= 0.6 is 15.9 Å². The van der Waals surface area contributed by atoms with Gasteiger partial charge >= 0.3 is 0 Å². The second-order valence-electron chi connectivity index (χ2n) is 6.81. The van der Waals surface area contributed by atoms with Crippen LogP contribution in [0.3, 0.4) is 0 Å². The van der Waals surface area contributed by atoms with Gasteiger partial charge in [-0.2, -0.15) is 0 Å². The largest absolute Gasteiger partial charge is 0.451 e. The summed E-state index contributed by atoms with van der Waals surface area (Å²) >= 11 is 3.42. The summed E-state index contributed by atoms with van der Waals surface area (Å²) in [5.74, 6) is 0.125. The Labute approximate surface area is 176 Å². The van der Waals surface area contributed by atoms with Crippen molar-refractivity contribution in [3.63, 3.8) is 0 Å². The Hall–Kier alpha value is -2.93. The predicted molar refractivity (Wildman–Crippen MR) is 115 cm³/mol. The van der Waals surface area contributed by atoms with Crippen molar-refractivity contribution in [3.8, 4) is 11.3 Å². The maximum absolute atomic E-state index is 12.9. The van der Waals surface area contributed by atoms with E-state index in [0.717, 1.165) is 39.4 Å². The zero-order valence-electron chi connectivity index (χ0n) is 16.4. The number of nitrogens with one attached hydrogen (secondary N) is 1. The van der Waals surface area contributed by atoms with Crippen molar-refractivity contribution in [2.75, 3.05) is 5.32 Å². The standard InChI is InChI=1S/C22H20BrN3O3/c1-4-13-6-7-14(5-2)17(10-13)19-21(26-29-25-19)24-22(27)20-12(3)16-9-8-15(23)11-18(16)28-20/h6-11H,4-5H2,1-3H3,(H,24,26,27). The molecule has 1 amide bonds. The van der Waals surface area contributed by atoms with E-state index in [1.807, 2.05) is 25.1 Å².